The van der Waals surface area contributed by atoms with Crippen LogP contribution in [-0.4, -0.2) is 24.9 Å². The summed E-state index contributed by atoms with van der Waals surface area (Å²) in [6.07, 6.45) is 5.17. The van der Waals surface area contributed by atoms with Crippen LogP contribution in [0, 0.1) is 5.37 Å². The molecule has 0 aliphatic carbocycles. The average Bonchev–Trinajstić information content (AvgIpc) is 2.20. The van der Waals surface area contributed by atoms with Gasteiger partial charge < -0.3 is 5.32 Å². The number of thioether (sulfide) groups is 1. The van der Waals surface area contributed by atoms with E-state index in [4.69, 9.17) is 0 Å². The van der Waals surface area contributed by atoms with Crippen LogP contribution >= 0.6 is 11.8 Å². The highest BCUT2D eigenvalue weighted by molar-refractivity contribution is 8.02. The Morgan fingerprint density at radius 3 is 2.57 bits per heavy atom. The molecule has 14 heavy (non-hydrogen) atoms. The van der Waals surface area contributed by atoms with E-state index in [0.717, 1.165) is 13.1 Å². The Kier molecular flexibility index (Phi) is 6.65. The zero-order valence-corrected chi connectivity index (χ0v) is 10.3. The van der Waals surface area contributed by atoms with E-state index in [2.05, 4.69) is 24.5 Å². The van der Waals surface area contributed by atoms with Crippen LogP contribution in [0.3, 0.4) is 0 Å². The lowest BCUT2D eigenvalue weighted by Crippen LogP contribution is -2.40. The largest absolute Gasteiger partial charge is 0.313 e. The van der Waals surface area contributed by atoms with Gasteiger partial charge in [-0.15, -0.1) is 11.8 Å². The van der Waals surface area contributed by atoms with Gasteiger partial charge in [-0.3, -0.25) is 5.32 Å². The van der Waals surface area contributed by atoms with Gasteiger partial charge in [0.15, 0.2) is 0 Å². The molecular weight excluding hydrogens is 192 g/mol. The van der Waals surface area contributed by atoms with E-state index in [1.807, 2.05) is 11.8 Å². The van der Waals surface area contributed by atoms with E-state index in [-0.39, 0.29) is 0 Å². The van der Waals surface area contributed by atoms with Crippen molar-refractivity contribution < 1.29 is 0 Å². The molecule has 1 aliphatic heterocycles. The van der Waals surface area contributed by atoms with Gasteiger partial charge in [-0.05, 0) is 12.8 Å². The lowest BCUT2D eigenvalue weighted by Gasteiger charge is -2.27. The minimum absolute atomic E-state index is 0.701. The normalized spacial score (nSPS) is 19.1. The Labute approximate surface area is 92.6 Å². The van der Waals surface area contributed by atoms with Crippen molar-refractivity contribution in [3.05, 3.63) is 5.37 Å². The molecule has 1 saturated heterocycles. The fourth-order valence-corrected chi connectivity index (χ4v) is 2.75. The third-order valence-corrected chi connectivity index (χ3v) is 3.50. The van der Waals surface area contributed by atoms with Gasteiger partial charge in [0.05, 0.1) is 0 Å². The van der Waals surface area contributed by atoms with E-state index in [0.29, 0.717) is 6.04 Å². The van der Waals surface area contributed by atoms with Crippen molar-refractivity contribution >= 4 is 11.8 Å². The standard InChI is InChI=1S/C11H23N2S/c1-3-5-10(6-4-2)13-11-9-12-7-8-14-11/h10,12-13H,3-9H2,1-2H3. The second kappa shape index (κ2) is 7.55. The predicted molar refractivity (Wildman–Crippen MR) is 65.3 cm³/mol. The molecule has 1 rings (SSSR count). The molecule has 1 fully saturated rings. The van der Waals surface area contributed by atoms with Crippen molar-refractivity contribution in [3.63, 3.8) is 0 Å². The molecule has 2 nitrogen and oxygen atoms in total. The summed E-state index contributed by atoms with van der Waals surface area (Å²) >= 11 is 1.99. The summed E-state index contributed by atoms with van der Waals surface area (Å²) in [6.45, 7) is 6.74. The summed E-state index contributed by atoms with van der Waals surface area (Å²) in [5.74, 6) is 1.22. The first-order valence-electron chi connectivity index (χ1n) is 5.82. The molecule has 83 valence electrons. The molecule has 0 bridgehead atoms. The van der Waals surface area contributed by atoms with Gasteiger partial charge in [-0.25, -0.2) is 0 Å². The molecule has 0 aromatic rings. The van der Waals surface area contributed by atoms with Crippen molar-refractivity contribution in [2.45, 2.75) is 45.6 Å². The first kappa shape index (κ1) is 12.3. The highest BCUT2D eigenvalue weighted by atomic mass is 32.2. The minimum Gasteiger partial charge on any atom is -0.313 e. The number of rotatable bonds is 6. The molecule has 0 aromatic carbocycles. The van der Waals surface area contributed by atoms with Crippen LogP contribution in [0.15, 0.2) is 0 Å². The molecule has 0 spiro atoms. The first-order chi connectivity index (χ1) is 6.86. The van der Waals surface area contributed by atoms with Gasteiger partial charge in [0, 0.05) is 24.9 Å². The third-order valence-electron chi connectivity index (χ3n) is 2.48. The number of hydrogen-bond donors (Lipinski definition) is 2. The number of hydrogen-bond acceptors (Lipinski definition) is 3. The van der Waals surface area contributed by atoms with Crippen molar-refractivity contribution in [1.82, 2.24) is 10.6 Å². The smallest absolute Gasteiger partial charge is 0.106 e. The van der Waals surface area contributed by atoms with Gasteiger partial charge in [0.25, 0.3) is 0 Å². The fourth-order valence-electron chi connectivity index (χ4n) is 1.81. The van der Waals surface area contributed by atoms with Crippen molar-refractivity contribution in [3.8, 4) is 0 Å². The summed E-state index contributed by atoms with van der Waals surface area (Å²) < 4.78 is 0. The molecule has 1 heterocycles. The van der Waals surface area contributed by atoms with Crippen LogP contribution in [0.1, 0.15) is 39.5 Å². The van der Waals surface area contributed by atoms with Crippen molar-refractivity contribution in [2.75, 3.05) is 18.8 Å². The molecule has 0 aromatic heterocycles. The maximum Gasteiger partial charge on any atom is 0.106 e. The van der Waals surface area contributed by atoms with Crippen LogP contribution in [0.2, 0.25) is 0 Å². The zero-order valence-electron chi connectivity index (χ0n) is 9.44. The summed E-state index contributed by atoms with van der Waals surface area (Å²) in [5, 5.41) is 8.53. The summed E-state index contributed by atoms with van der Waals surface area (Å²) in [7, 11) is 0. The van der Waals surface area contributed by atoms with E-state index in [9.17, 15) is 0 Å². The van der Waals surface area contributed by atoms with E-state index < -0.39 is 0 Å². The first-order valence-corrected chi connectivity index (χ1v) is 6.81. The maximum atomic E-state index is 3.67. The Morgan fingerprint density at radius 1 is 1.36 bits per heavy atom. The zero-order chi connectivity index (χ0) is 10.2. The van der Waals surface area contributed by atoms with Crippen molar-refractivity contribution in [1.29, 1.82) is 0 Å². The summed E-state index contributed by atoms with van der Waals surface area (Å²) in [6, 6.07) is 0.701. The molecule has 1 aliphatic rings. The predicted octanol–water partition coefficient (Wildman–Crippen LogP) is 2.37. The summed E-state index contributed by atoms with van der Waals surface area (Å²) in [4.78, 5) is 0. The SMILES string of the molecule is CCCC(CCC)N[C]1CNCCS1. The number of nitrogens with one attached hydrogen (secondary N) is 2. The molecule has 0 atom stereocenters. The Hall–Kier alpha value is 0.270. The second-order valence-electron chi connectivity index (χ2n) is 3.87. The van der Waals surface area contributed by atoms with Gasteiger partial charge in [0.2, 0.25) is 0 Å². The third kappa shape index (κ3) is 4.67. The quantitative estimate of drug-likeness (QED) is 0.711. The fraction of sp³-hybridized carbons (Fsp3) is 0.909. The van der Waals surface area contributed by atoms with Gasteiger partial charge in [0.1, 0.15) is 5.37 Å². The molecule has 1 radical (unpaired) electrons. The van der Waals surface area contributed by atoms with Crippen LogP contribution < -0.4 is 10.6 Å². The van der Waals surface area contributed by atoms with Gasteiger partial charge in [-0.2, -0.15) is 0 Å². The van der Waals surface area contributed by atoms with E-state index in [1.54, 1.807) is 0 Å². The monoisotopic (exact) mass is 215 g/mol. The van der Waals surface area contributed by atoms with Crippen molar-refractivity contribution in [2.24, 2.45) is 0 Å². The van der Waals surface area contributed by atoms with E-state index in [1.165, 1.54) is 36.8 Å². The second-order valence-corrected chi connectivity index (χ2v) is 5.06. The van der Waals surface area contributed by atoms with Crippen LogP contribution in [-0.2, 0) is 0 Å². The molecule has 0 saturated carbocycles. The maximum absolute atomic E-state index is 3.67. The highest BCUT2D eigenvalue weighted by Gasteiger charge is 2.17. The van der Waals surface area contributed by atoms with Crippen LogP contribution in [0.5, 0.6) is 0 Å². The molecular formula is C11H23N2S. The Morgan fingerprint density at radius 2 is 2.07 bits per heavy atom. The van der Waals surface area contributed by atoms with Crippen LogP contribution in [0.25, 0.3) is 0 Å². The Bertz CT molecular complexity index is 129. The molecule has 2 N–H and O–H groups in total. The molecule has 0 amide bonds. The molecule has 3 heteroatoms. The lowest BCUT2D eigenvalue weighted by atomic mass is 10.1. The van der Waals surface area contributed by atoms with E-state index >= 15 is 0 Å². The van der Waals surface area contributed by atoms with Gasteiger partial charge in [-0.1, -0.05) is 26.7 Å². The summed E-state index contributed by atoms with van der Waals surface area (Å²) in [5.41, 5.74) is 0. The topological polar surface area (TPSA) is 24.1 Å². The average molecular weight is 215 g/mol. The van der Waals surface area contributed by atoms with Gasteiger partial charge >= 0.3 is 0 Å². The Balaban J connectivity index is 2.21. The molecule has 0 unspecified atom stereocenters. The minimum atomic E-state index is 0.701. The highest BCUT2D eigenvalue weighted by Crippen LogP contribution is 2.20. The lowest BCUT2D eigenvalue weighted by molar-refractivity contribution is 0.460. The van der Waals surface area contributed by atoms with Crippen LogP contribution in [0.4, 0.5) is 0 Å².